The first-order chi connectivity index (χ1) is 10.9. The molecule has 6 nitrogen and oxygen atoms in total. The van der Waals surface area contributed by atoms with Gasteiger partial charge in [0.15, 0.2) is 0 Å². The number of hydrogen-bond donors (Lipinski definition) is 4. The largest absolute Gasteiger partial charge is 0.508 e. The summed E-state index contributed by atoms with van der Waals surface area (Å²) >= 11 is 0. The zero-order valence-electron chi connectivity index (χ0n) is 12.2. The molecule has 0 unspecified atom stereocenters. The highest BCUT2D eigenvalue weighted by Gasteiger charge is 2.13. The molecule has 0 saturated heterocycles. The molecule has 0 spiro atoms. The molecular weight excluding hydrogens is 300 g/mol. The number of carboxylic acid groups (broad SMARTS) is 2. The zero-order valence-corrected chi connectivity index (χ0v) is 12.2. The minimum Gasteiger partial charge on any atom is -0.508 e. The summed E-state index contributed by atoms with van der Waals surface area (Å²) in [6.45, 7) is 0. The quantitative estimate of drug-likeness (QED) is 0.651. The van der Waals surface area contributed by atoms with Gasteiger partial charge in [0.25, 0.3) is 0 Å². The van der Waals surface area contributed by atoms with Crippen molar-refractivity contribution in [1.29, 1.82) is 0 Å². The van der Waals surface area contributed by atoms with Crippen molar-refractivity contribution in [3.8, 4) is 11.5 Å². The van der Waals surface area contributed by atoms with Crippen molar-refractivity contribution in [2.45, 2.75) is 19.3 Å². The van der Waals surface area contributed by atoms with E-state index in [-0.39, 0.29) is 22.6 Å². The predicted octanol–water partition coefficient (Wildman–Crippen LogP) is 2.67. The minimum absolute atomic E-state index is 0.0198. The SMILES string of the molecule is O=C(O)c1ccc(O)cc1CCCc1cc(O)ccc1C(=O)O. The number of phenolic OH excluding ortho intramolecular Hbond substituents is 2. The van der Waals surface area contributed by atoms with Gasteiger partial charge in [-0.3, -0.25) is 0 Å². The Hall–Kier alpha value is -3.02. The molecule has 0 bridgehead atoms. The van der Waals surface area contributed by atoms with E-state index in [0.29, 0.717) is 30.4 Å². The van der Waals surface area contributed by atoms with Gasteiger partial charge in [-0.15, -0.1) is 0 Å². The van der Waals surface area contributed by atoms with E-state index in [1.807, 2.05) is 0 Å². The predicted molar refractivity (Wildman–Crippen MR) is 82.2 cm³/mol. The topological polar surface area (TPSA) is 115 Å². The van der Waals surface area contributed by atoms with Crippen molar-refractivity contribution in [2.75, 3.05) is 0 Å². The Morgan fingerprint density at radius 1 is 0.739 bits per heavy atom. The van der Waals surface area contributed by atoms with E-state index in [4.69, 9.17) is 10.2 Å². The lowest BCUT2D eigenvalue weighted by molar-refractivity contribution is 0.0685. The lowest BCUT2D eigenvalue weighted by atomic mass is 9.97. The van der Waals surface area contributed by atoms with Gasteiger partial charge in [0, 0.05) is 0 Å². The number of benzene rings is 2. The molecule has 2 aromatic carbocycles. The molecule has 0 aliphatic carbocycles. The van der Waals surface area contributed by atoms with Gasteiger partial charge < -0.3 is 20.4 Å². The smallest absolute Gasteiger partial charge is 0.335 e. The van der Waals surface area contributed by atoms with E-state index < -0.39 is 11.9 Å². The number of carboxylic acids is 2. The fourth-order valence-electron chi connectivity index (χ4n) is 2.46. The lowest BCUT2D eigenvalue weighted by Crippen LogP contribution is -2.05. The van der Waals surface area contributed by atoms with Crippen molar-refractivity contribution >= 4 is 11.9 Å². The summed E-state index contributed by atoms with van der Waals surface area (Å²) < 4.78 is 0. The Morgan fingerprint density at radius 2 is 1.13 bits per heavy atom. The van der Waals surface area contributed by atoms with Crippen LogP contribution in [0.25, 0.3) is 0 Å². The Labute approximate surface area is 132 Å². The summed E-state index contributed by atoms with van der Waals surface area (Å²) in [6.07, 6.45) is 1.21. The molecule has 0 aliphatic heterocycles. The van der Waals surface area contributed by atoms with Crippen molar-refractivity contribution in [1.82, 2.24) is 0 Å². The monoisotopic (exact) mass is 316 g/mol. The van der Waals surface area contributed by atoms with E-state index in [9.17, 15) is 19.8 Å². The Morgan fingerprint density at radius 3 is 1.48 bits per heavy atom. The van der Waals surface area contributed by atoms with Gasteiger partial charge in [0.2, 0.25) is 0 Å². The fraction of sp³-hybridized carbons (Fsp3) is 0.176. The molecule has 6 heteroatoms. The Balaban J connectivity index is 2.15. The molecule has 4 N–H and O–H groups in total. The zero-order chi connectivity index (χ0) is 17.0. The van der Waals surface area contributed by atoms with Crippen molar-refractivity contribution in [2.24, 2.45) is 0 Å². The standard InChI is InChI=1S/C17H16O6/c18-12-4-6-14(16(20)21)10(8-12)2-1-3-11-9-13(19)5-7-15(11)17(22)23/h4-9,18-19H,1-3H2,(H,20,21)(H,22,23). The average Bonchev–Trinajstić information content (AvgIpc) is 2.46. The second kappa shape index (κ2) is 6.83. The molecule has 0 amide bonds. The van der Waals surface area contributed by atoms with Crippen molar-refractivity contribution in [3.05, 3.63) is 58.7 Å². The van der Waals surface area contributed by atoms with E-state index in [1.165, 1.54) is 36.4 Å². The third kappa shape index (κ3) is 4.00. The van der Waals surface area contributed by atoms with Gasteiger partial charge in [0.1, 0.15) is 11.5 Å². The molecule has 0 radical (unpaired) electrons. The third-order valence-corrected chi connectivity index (χ3v) is 3.53. The van der Waals surface area contributed by atoms with Crippen molar-refractivity contribution < 1.29 is 30.0 Å². The third-order valence-electron chi connectivity index (χ3n) is 3.53. The van der Waals surface area contributed by atoms with Crippen LogP contribution in [-0.2, 0) is 12.8 Å². The van der Waals surface area contributed by atoms with Crippen LogP contribution >= 0.6 is 0 Å². The Kier molecular flexibility index (Phi) is 4.85. The second-order valence-electron chi connectivity index (χ2n) is 5.15. The van der Waals surface area contributed by atoms with Crippen LogP contribution in [-0.4, -0.2) is 32.4 Å². The van der Waals surface area contributed by atoms with E-state index >= 15 is 0 Å². The highest BCUT2D eigenvalue weighted by molar-refractivity contribution is 5.90. The van der Waals surface area contributed by atoms with Gasteiger partial charge >= 0.3 is 11.9 Å². The van der Waals surface area contributed by atoms with Crippen molar-refractivity contribution in [3.63, 3.8) is 0 Å². The van der Waals surface area contributed by atoms with Crippen LogP contribution in [0, 0.1) is 0 Å². The van der Waals surface area contributed by atoms with Crippen LogP contribution < -0.4 is 0 Å². The van der Waals surface area contributed by atoms with Gasteiger partial charge in [-0.05, 0) is 66.8 Å². The molecule has 0 aliphatic rings. The van der Waals surface area contributed by atoms with Crippen LogP contribution in [0.15, 0.2) is 36.4 Å². The summed E-state index contributed by atoms with van der Waals surface area (Å²) in [4.78, 5) is 22.3. The molecule has 2 rings (SSSR count). The number of phenols is 2. The van der Waals surface area contributed by atoms with Gasteiger partial charge in [-0.25, -0.2) is 9.59 Å². The van der Waals surface area contributed by atoms with Crippen LogP contribution in [0.1, 0.15) is 38.3 Å². The normalized spacial score (nSPS) is 10.4. The van der Waals surface area contributed by atoms with E-state index in [2.05, 4.69) is 0 Å². The van der Waals surface area contributed by atoms with Crippen LogP contribution in [0.4, 0.5) is 0 Å². The first-order valence-electron chi connectivity index (χ1n) is 6.99. The van der Waals surface area contributed by atoms with Gasteiger partial charge in [0.05, 0.1) is 11.1 Å². The Bertz CT molecular complexity index is 687. The van der Waals surface area contributed by atoms with Gasteiger partial charge in [-0.2, -0.15) is 0 Å². The summed E-state index contributed by atoms with van der Waals surface area (Å²) in [6, 6.07) is 8.08. The van der Waals surface area contributed by atoms with Crippen LogP contribution in [0.3, 0.4) is 0 Å². The molecule has 0 aromatic heterocycles. The number of aromatic carboxylic acids is 2. The summed E-state index contributed by atoms with van der Waals surface area (Å²) in [5, 5.41) is 37.2. The van der Waals surface area contributed by atoms with Crippen LogP contribution in [0.2, 0.25) is 0 Å². The molecule has 0 atom stereocenters. The maximum atomic E-state index is 11.2. The minimum atomic E-state index is -1.08. The average molecular weight is 316 g/mol. The number of hydrogen-bond acceptors (Lipinski definition) is 4. The molecule has 0 heterocycles. The number of aryl methyl sites for hydroxylation is 2. The summed E-state index contributed by atoms with van der Waals surface area (Å²) in [7, 11) is 0. The molecule has 120 valence electrons. The number of rotatable bonds is 6. The second-order valence-corrected chi connectivity index (χ2v) is 5.15. The number of aromatic hydroxyl groups is 2. The molecule has 0 saturated carbocycles. The van der Waals surface area contributed by atoms with E-state index in [1.54, 1.807) is 0 Å². The maximum Gasteiger partial charge on any atom is 0.335 e. The molecule has 2 aromatic rings. The fourth-order valence-corrected chi connectivity index (χ4v) is 2.46. The highest BCUT2D eigenvalue weighted by atomic mass is 16.4. The molecular formula is C17H16O6. The lowest BCUT2D eigenvalue weighted by Gasteiger charge is -2.09. The highest BCUT2D eigenvalue weighted by Crippen LogP contribution is 2.22. The number of carbonyl (C=O) groups is 2. The van der Waals surface area contributed by atoms with E-state index in [0.717, 1.165) is 0 Å². The summed E-state index contributed by atoms with van der Waals surface area (Å²) in [5.74, 6) is -2.20. The molecule has 0 fully saturated rings. The van der Waals surface area contributed by atoms with Crippen LogP contribution in [0.5, 0.6) is 11.5 Å². The maximum absolute atomic E-state index is 11.2. The summed E-state index contributed by atoms with van der Waals surface area (Å²) in [5.41, 5.74) is 1.18. The first-order valence-corrected chi connectivity index (χ1v) is 6.99. The first kappa shape index (κ1) is 16.4. The van der Waals surface area contributed by atoms with Gasteiger partial charge in [-0.1, -0.05) is 0 Å². The molecule has 23 heavy (non-hydrogen) atoms.